The van der Waals surface area contributed by atoms with Gasteiger partial charge in [0.15, 0.2) is 0 Å². The van der Waals surface area contributed by atoms with Crippen LogP contribution in [0.5, 0.6) is 0 Å². The number of hydrogen-bond donors (Lipinski definition) is 1. The summed E-state index contributed by atoms with van der Waals surface area (Å²) >= 11 is 0. The second-order valence-electron chi connectivity index (χ2n) is 1.94. The normalized spacial score (nSPS) is 9.70. The number of aryl methyl sites for hydroxylation is 1. The summed E-state index contributed by atoms with van der Waals surface area (Å²) in [5.74, 6) is 0.0989. The maximum absolute atomic E-state index is 10.3. The lowest BCUT2D eigenvalue weighted by Crippen LogP contribution is -2.13. The third-order valence-electron chi connectivity index (χ3n) is 1.13. The molecule has 4 heteroatoms. The van der Waals surface area contributed by atoms with Gasteiger partial charge in [-0.05, 0) is 0 Å². The molecule has 0 atom stereocenters. The van der Waals surface area contributed by atoms with Crippen molar-refractivity contribution in [1.29, 1.82) is 0 Å². The summed E-state index contributed by atoms with van der Waals surface area (Å²) in [5, 5.41) is 0. The number of carbonyl (C=O) groups is 1. The Kier molecular flexibility index (Phi) is 1.71. The Labute approximate surface area is 58.7 Å². The van der Waals surface area contributed by atoms with Crippen molar-refractivity contribution in [3.05, 3.63) is 24.6 Å². The average molecular weight is 138 g/mol. The second-order valence-corrected chi connectivity index (χ2v) is 1.94. The number of rotatable bonds is 2. The third kappa shape index (κ3) is 1.34. The largest absolute Gasteiger partial charge is 0.369 e. The van der Waals surface area contributed by atoms with Crippen molar-refractivity contribution in [2.75, 3.05) is 0 Å². The van der Waals surface area contributed by atoms with Gasteiger partial charge in [0.25, 0.3) is 0 Å². The van der Waals surface area contributed by atoms with E-state index in [-0.39, 0.29) is 0 Å². The summed E-state index contributed by atoms with van der Waals surface area (Å²) in [6, 6.07) is 0. The lowest BCUT2D eigenvalue weighted by molar-refractivity contribution is -0.114. The van der Waals surface area contributed by atoms with Gasteiger partial charge in [-0.1, -0.05) is 0 Å². The second kappa shape index (κ2) is 2.51. The Balaban J connectivity index is 2.74. The van der Waals surface area contributed by atoms with E-state index in [2.05, 4.69) is 4.98 Å². The van der Waals surface area contributed by atoms with E-state index in [0.717, 1.165) is 0 Å². The molecular weight excluding hydrogens is 130 g/mol. The molecule has 0 aliphatic carbocycles. The molecule has 0 fully saturated rings. The summed E-state index contributed by atoms with van der Waals surface area (Å²) in [6.07, 6.45) is 4.63. The summed E-state index contributed by atoms with van der Waals surface area (Å²) in [7, 11) is 1.79. The minimum Gasteiger partial charge on any atom is -0.369 e. The van der Waals surface area contributed by atoms with E-state index < -0.39 is 5.91 Å². The molecule has 0 spiro atoms. The first-order valence-corrected chi connectivity index (χ1v) is 2.81. The average Bonchev–Trinajstić information content (AvgIpc) is 2.15. The van der Waals surface area contributed by atoms with Crippen molar-refractivity contribution in [3.63, 3.8) is 0 Å². The fourth-order valence-electron chi connectivity index (χ4n) is 0.643. The van der Waals surface area contributed by atoms with Crippen molar-refractivity contribution in [1.82, 2.24) is 9.55 Å². The Morgan fingerprint density at radius 3 is 3.00 bits per heavy atom. The van der Waals surface area contributed by atoms with Crippen LogP contribution in [0.1, 0.15) is 5.82 Å². The van der Waals surface area contributed by atoms with Crippen LogP contribution in [0.4, 0.5) is 0 Å². The Morgan fingerprint density at radius 2 is 2.60 bits per heavy atom. The van der Waals surface area contributed by atoms with Crippen molar-refractivity contribution < 1.29 is 4.79 Å². The molecule has 1 radical (unpaired) electrons. The molecule has 1 amide bonds. The summed E-state index contributed by atoms with van der Waals surface area (Å²) in [5.41, 5.74) is 4.90. The summed E-state index contributed by atoms with van der Waals surface area (Å²) in [4.78, 5) is 14.2. The molecule has 0 aliphatic rings. The highest BCUT2D eigenvalue weighted by Crippen LogP contribution is 1.95. The molecule has 0 aliphatic heterocycles. The van der Waals surface area contributed by atoms with Crippen LogP contribution in [0.25, 0.3) is 0 Å². The van der Waals surface area contributed by atoms with Crippen molar-refractivity contribution in [2.45, 2.75) is 0 Å². The zero-order valence-electron chi connectivity index (χ0n) is 5.61. The number of amides is 1. The van der Waals surface area contributed by atoms with Crippen LogP contribution in [0.2, 0.25) is 0 Å². The van der Waals surface area contributed by atoms with Gasteiger partial charge < -0.3 is 10.3 Å². The lowest BCUT2D eigenvalue weighted by Gasteiger charge is -1.94. The predicted octanol–water partition coefficient (Wildman–Crippen LogP) is -0.542. The summed E-state index contributed by atoms with van der Waals surface area (Å²) in [6.45, 7) is 0. The minimum atomic E-state index is -0.477. The predicted molar refractivity (Wildman–Crippen MR) is 35.8 cm³/mol. The van der Waals surface area contributed by atoms with Crippen LogP contribution in [0.3, 0.4) is 0 Å². The van der Waals surface area contributed by atoms with Gasteiger partial charge in [-0.2, -0.15) is 0 Å². The van der Waals surface area contributed by atoms with Gasteiger partial charge in [0.05, 0.1) is 0 Å². The highest BCUT2D eigenvalue weighted by atomic mass is 16.1. The maximum atomic E-state index is 10.3. The van der Waals surface area contributed by atoms with E-state index >= 15 is 0 Å². The molecule has 0 saturated carbocycles. The van der Waals surface area contributed by atoms with E-state index in [1.54, 1.807) is 24.0 Å². The molecule has 0 aromatic carbocycles. The molecule has 10 heavy (non-hydrogen) atoms. The number of nitrogens with two attached hydrogens (primary N) is 1. The van der Waals surface area contributed by atoms with E-state index in [0.29, 0.717) is 5.82 Å². The topological polar surface area (TPSA) is 60.9 Å². The van der Waals surface area contributed by atoms with Crippen LogP contribution >= 0.6 is 0 Å². The van der Waals surface area contributed by atoms with Gasteiger partial charge in [-0.15, -0.1) is 0 Å². The van der Waals surface area contributed by atoms with Crippen molar-refractivity contribution >= 4 is 5.91 Å². The molecule has 1 aromatic heterocycles. The first-order valence-electron chi connectivity index (χ1n) is 2.81. The van der Waals surface area contributed by atoms with Crippen LogP contribution in [0, 0.1) is 6.42 Å². The first kappa shape index (κ1) is 6.80. The fraction of sp³-hybridized carbons (Fsp3) is 0.167. The molecule has 1 heterocycles. The highest BCUT2D eigenvalue weighted by Gasteiger charge is 2.02. The van der Waals surface area contributed by atoms with E-state index in [1.807, 2.05) is 0 Å². The molecule has 4 nitrogen and oxygen atoms in total. The Morgan fingerprint density at radius 1 is 1.90 bits per heavy atom. The monoisotopic (exact) mass is 138 g/mol. The number of aromatic nitrogens is 2. The standard InChI is InChI=1S/C6H8N3O/c1-9-3-2-8-6(9)4-5(7)10/h2-4H,1H3,(H2,7,10). The third-order valence-corrected chi connectivity index (χ3v) is 1.13. The van der Waals surface area contributed by atoms with Crippen LogP contribution < -0.4 is 5.73 Å². The van der Waals surface area contributed by atoms with Crippen molar-refractivity contribution in [2.24, 2.45) is 12.8 Å². The molecule has 2 N–H and O–H groups in total. The maximum Gasteiger partial charge on any atom is 0.229 e. The summed E-state index contributed by atoms with van der Waals surface area (Å²) < 4.78 is 1.71. The molecular formula is C6H8N3O. The van der Waals surface area contributed by atoms with Gasteiger partial charge in [0, 0.05) is 19.4 Å². The highest BCUT2D eigenvalue weighted by molar-refractivity contribution is 5.85. The van der Waals surface area contributed by atoms with Gasteiger partial charge in [-0.25, -0.2) is 4.98 Å². The van der Waals surface area contributed by atoms with E-state index in [1.165, 1.54) is 6.42 Å². The SMILES string of the molecule is Cn1ccnc1[CH]C(N)=O. The van der Waals surface area contributed by atoms with Gasteiger partial charge >= 0.3 is 0 Å². The number of imidazole rings is 1. The number of nitrogens with zero attached hydrogens (tertiary/aromatic N) is 2. The molecule has 1 rings (SSSR count). The zero-order valence-corrected chi connectivity index (χ0v) is 5.61. The Hall–Kier alpha value is -1.32. The number of primary amides is 1. The van der Waals surface area contributed by atoms with Crippen LogP contribution in [0.15, 0.2) is 12.4 Å². The van der Waals surface area contributed by atoms with Gasteiger partial charge in [0.1, 0.15) is 12.2 Å². The van der Waals surface area contributed by atoms with E-state index in [4.69, 9.17) is 5.73 Å². The molecule has 0 saturated heterocycles. The number of hydrogen-bond acceptors (Lipinski definition) is 2. The van der Waals surface area contributed by atoms with Crippen LogP contribution in [-0.2, 0) is 11.8 Å². The smallest absolute Gasteiger partial charge is 0.229 e. The zero-order chi connectivity index (χ0) is 7.56. The first-order chi connectivity index (χ1) is 4.70. The number of carbonyl (C=O) groups excluding carboxylic acids is 1. The van der Waals surface area contributed by atoms with Gasteiger partial charge in [-0.3, -0.25) is 4.79 Å². The quantitative estimate of drug-likeness (QED) is 0.596. The van der Waals surface area contributed by atoms with E-state index in [9.17, 15) is 4.79 Å². The molecule has 53 valence electrons. The molecule has 0 unspecified atom stereocenters. The van der Waals surface area contributed by atoms with Crippen molar-refractivity contribution in [3.8, 4) is 0 Å². The minimum absolute atomic E-state index is 0.477. The Bertz CT molecular complexity index is 241. The molecule has 0 bridgehead atoms. The lowest BCUT2D eigenvalue weighted by atomic mass is 10.4. The van der Waals surface area contributed by atoms with Gasteiger partial charge in [0.2, 0.25) is 5.91 Å². The molecule has 1 aromatic rings. The van der Waals surface area contributed by atoms with Crippen LogP contribution in [-0.4, -0.2) is 15.5 Å². The fourth-order valence-corrected chi connectivity index (χ4v) is 0.643.